The highest BCUT2D eigenvalue weighted by Crippen LogP contribution is 2.34. The number of pyridine rings is 1. The molecule has 1 rings (SSSR count). The standard InChI is InChI=1S/C10H7Cl3F3N3O3/c11-4-6(17)5(12)8(13)19-7(4)9(21)22-1-3(20)18-2-10(14,15)16/h1-2H2,(H2,17,19)(H,18,20). The number of hydrogen-bond donors (Lipinski definition) is 2. The molecule has 6 nitrogen and oxygen atoms in total. The van der Waals surface area contributed by atoms with Crippen LogP contribution < -0.4 is 11.1 Å². The first-order valence-corrected chi connectivity index (χ1v) is 6.47. The van der Waals surface area contributed by atoms with Crippen LogP contribution in [0, 0.1) is 0 Å². The van der Waals surface area contributed by atoms with Crippen LogP contribution in [0.1, 0.15) is 10.5 Å². The summed E-state index contributed by atoms with van der Waals surface area (Å²) in [5, 5.41) is 0.661. The van der Waals surface area contributed by atoms with E-state index in [1.807, 2.05) is 0 Å². The summed E-state index contributed by atoms with van der Waals surface area (Å²) in [5.41, 5.74) is 4.73. The quantitative estimate of drug-likeness (QED) is 0.618. The Bertz CT molecular complexity index is 611. The van der Waals surface area contributed by atoms with Gasteiger partial charge in [-0.2, -0.15) is 13.2 Å². The number of amides is 1. The van der Waals surface area contributed by atoms with E-state index >= 15 is 0 Å². The van der Waals surface area contributed by atoms with Crippen LogP contribution in [0.25, 0.3) is 0 Å². The van der Waals surface area contributed by atoms with E-state index in [1.54, 1.807) is 0 Å². The first-order valence-electron chi connectivity index (χ1n) is 5.33. The van der Waals surface area contributed by atoms with Crippen LogP contribution in [0.2, 0.25) is 15.2 Å². The summed E-state index contributed by atoms with van der Waals surface area (Å²) in [6.07, 6.45) is -4.58. The lowest BCUT2D eigenvalue weighted by Crippen LogP contribution is -2.36. The molecule has 0 bridgehead atoms. The van der Waals surface area contributed by atoms with Crippen molar-refractivity contribution in [2.75, 3.05) is 18.9 Å². The second-order valence-electron chi connectivity index (χ2n) is 3.76. The van der Waals surface area contributed by atoms with E-state index in [-0.39, 0.29) is 20.9 Å². The molecule has 122 valence electrons. The summed E-state index contributed by atoms with van der Waals surface area (Å²) < 4.78 is 40.1. The maximum atomic E-state index is 11.9. The average Bonchev–Trinajstić information content (AvgIpc) is 2.43. The Morgan fingerprint density at radius 2 is 1.82 bits per heavy atom. The number of halogens is 6. The Kier molecular flexibility index (Phi) is 6.09. The molecule has 12 heteroatoms. The van der Waals surface area contributed by atoms with Gasteiger partial charge < -0.3 is 15.8 Å². The Morgan fingerprint density at radius 3 is 2.36 bits per heavy atom. The van der Waals surface area contributed by atoms with Gasteiger partial charge in [-0.1, -0.05) is 34.8 Å². The van der Waals surface area contributed by atoms with Gasteiger partial charge in [0.1, 0.15) is 11.6 Å². The van der Waals surface area contributed by atoms with Crippen LogP contribution in [0.4, 0.5) is 18.9 Å². The summed E-state index contributed by atoms with van der Waals surface area (Å²) in [5.74, 6) is -2.35. The van der Waals surface area contributed by atoms with E-state index in [0.717, 1.165) is 0 Å². The van der Waals surface area contributed by atoms with E-state index in [1.165, 1.54) is 5.32 Å². The molecule has 0 aromatic carbocycles. The molecule has 1 aromatic heterocycles. The van der Waals surface area contributed by atoms with Crippen LogP contribution >= 0.6 is 34.8 Å². The molecule has 0 saturated carbocycles. The fourth-order valence-electron chi connectivity index (χ4n) is 1.12. The van der Waals surface area contributed by atoms with Crippen molar-refractivity contribution in [3.05, 3.63) is 20.9 Å². The molecule has 1 heterocycles. The van der Waals surface area contributed by atoms with Gasteiger partial charge in [0, 0.05) is 0 Å². The molecule has 0 aliphatic rings. The van der Waals surface area contributed by atoms with Crippen LogP contribution in [0.5, 0.6) is 0 Å². The van der Waals surface area contributed by atoms with E-state index < -0.39 is 36.9 Å². The van der Waals surface area contributed by atoms with Crippen LogP contribution in [0.15, 0.2) is 0 Å². The number of nitrogens with two attached hydrogens (primary N) is 1. The van der Waals surface area contributed by atoms with E-state index in [0.29, 0.717) is 0 Å². The Labute approximate surface area is 136 Å². The van der Waals surface area contributed by atoms with Gasteiger partial charge in [-0.15, -0.1) is 0 Å². The summed E-state index contributed by atoms with van der Waals surface area (Å²) in [6, 6.07) is 0. The number of nitrogens with zero attached hydrogens (tertiary/aromatic N) is 1. The van der Waals surface area contributed by atoms with Gasteiger partial charge in [-0.25, -0.2) is 9.78 Å². The minimum Gasteiger partial charge on any atom is -0.451 e. The monoisotopic (exact) mass is 379 g/mol. The normalized spacial score (nSPS) is 11.2. The highest BCUT2D eigenvalue weighted by Gasteiger charge is 2.28. The Hall–Kier alpha value is -1.45. The SMILES string of the molecule is Nc1c(Cl)c(Cl)nc(C(=O)OCC(=O)NCC(F)(F)F)c1Cl. The number of anilines is 1. The molecule has 0 aliphatic carbocycles. The first kappa shape index (κ1) is 18.6. The van der Waals surface area contributed by atoms with Crippen molar-refractivity contribution < 1.29 is 27.5 Å². The fraction of sp³-hybridized carbons (Fsp3) is 0.300. The molecule has 22 heavy (non-hydrogen) atoms. The van der Waals surface area contributed by atoms with Gasteiger partial charge in [0.25, 0.3) is 5.91 Å². The fourth-order valence-corrected chi connectivity index (χ4v) is 1.70. The van der Waals surface area contributed by atoms with Crippen LogP contribution in [-0.2, 0) is 9.53 Å². The minimum atomic E-state index is -4.58. The zero-order valence-electron chi connectivity index (χ0n) is 10.4. The van der Waals surface area contributed by atoms with Crippen molar-refractivity contribution in [3.8, 4) is 0 Å². The number of rotatable bonds is 4. The number of hydrogen-bond acceptors (Lipinski definition) is 5. The molecule has 0 radical (unpaired) electrons. The maximum Gasteiger partial charge on any atom is 0.405 e. The molecule has 3 N–H and O–H groups in total. The lowest BCUT2D eigenvalue weighted by Gasteiger charge is -2.10. The van der Waals surface area contributed by atoms with Gasteiger partial charge >= 0.3 is 12.1 Å². The predicted octanol–water partition coefficient (Wildman–Crippen LogP) is 2.46. The molecule has 0 spiro atoms. The van der Waals surface area contributed by atoms with Crippen molar-refractivity contribution in [3.63, 3.8) is 0 Å². The zero-order valence-corrected chi connectivity index (χ0v) is 12.7. The highest BCUT2D eigenvalue weighted by molar-refractivity contribution is 6.46. The summed E-state index contributed by atoms with van der Waals surface area (Å²) >= 11 is 17.0. The Morgan fingerprint density at radius 1 is 1.23 bits per heavy atom. The van der Waals surface area contributed by atoms with Crippen molar-refractivity contribution in [1.29, 1.82) is 0 Å². The number of aromatic nitrogens is 1. The predicted molar refractivity (Wildman–Crippen MR) is 73.0 cm³/mol. The molecule has 1 amide bonds. The third-order valence-corrected chi connectivity index (χ3v) is 3.22. The van der Waals surface area contributed by atoms with E-state index in [9.17, 15) is 22.8 Å². The van der Waals surface area contributed by atoms with Gasteiger partial charge in [-0.05, 0) is 0 Å². The molecule has 0 unspecified atom stereocenters. The molecule has 0 aliphatic heterocycles. The lowest BCUT2D eigenvalue weighted by molar-refractivity contribution is -0.140. The Balaban J connectivity index is 2.69. The lowest BCUT2D eigenvalue weighted by atomic mass is 10.3. The third kappa shape index (κ3) is 5.08. The number of carbonyl (C=O) groups is 2. The van der Waals surface area contributed by atoms with Crippen molar-refractivity contribution >= 4 is 52.4 Å². The largest absolute Gasteiger partial charge is 0.451 e. The zero-order chi connectivity index (χ0) is 17.1. The first-order chi connectivity index (χ1) is 10.0. The average molecular weight is 381 g/mol. The van der Waals surface area contributed by atoms with E-state index in [2.05, 4.69) is 9.72 Å². The highest BCUT2D eigenvalue weighted by atomic mass is 35.5. The number of nitrogen functional groups attached to an aromatic ring is 1. The van der Waals surface area contributed by atoms with Crippen LogP contribution in [-0.4, -0.2) is 36.2 Å². The van der Waals surface area contributed by atoms with Crippen molar-refractivity contribution in [2.45, 2.75) is 6.18 Å². The van der Waals surface area contributed by atoms with Gasteiger partial charge in [-0.3, -0.25) is 4.79 Å². The van der Waals surface area contributed by atoms with Crippen LogP contribution in [0.3, 0.4) is 0 Å². The number of carbonyl (C=O) groups excluding carboxylic acids is 2. The molecule has 1 aromatic rings. The molecular formula is C10H7Cl3F3N3O3. The maximum absolute atomic E-state index is 11.9. The smallest absolute Gasteiger partial charge is 0.405 e. The third-order valence-electron chi connectivity index (χ3n) is 2.09. The molecule has 0 atom stereocenters. The number of ether oxygens (including phenoxy) is 1. The van der Waals surface area contributed by atoms with Crippen molar-refractivity contribution in [2.24, 2.45) is 0 Å². The minimum absolute atomic E-state index is 0.175. The molecular weight excluding hydrogens is 373 g/mol. The second-order valence-corrected chi connectivity index (χ2v) is 4.87. The number of esters is 1. The summed E-state index contributed by atoms with van der Waals surface area (Å²) in [7, 11) is 0. The van der Waals surface area contributed by atoms with Gasteiger partial charge in [0.15, 0.2) is 17.5 Å². The topological polar surface area (TPSA) is 94.3 Å². The molecule has 0 saturated heterocycles. The summed E-state index contributed by atoms with van der Waals surface area (Å²) in [6.45, 7) is -2.52. The van der Waals surface area contributed by atoms with Crippen molar-refractivity contribution in [1.82, 2.24) is 10.3 Å². The molecule has 0 fully saturated rings. The van der Waals surface area contributed by atoms with Gasteiger partial charge in [0.2, 0.25) is 0 Å². The number of nitrogens with one attached hydrogen (secondary N) is 1. The number of alkyl halides is 3. The summed E-state index contributed by atoms with van der Waals surface area (Å²) in [4.78, 5) is 26.3. The second kappa shape index (κ2) is 7.21. The van der Waals surface area contributed by atoms with Gasteiger partial charge in [0.05, 0.1) is 10.7 Å². The van der Waals surface area contributed by atoms with E-state index in [4.69, 9.17) is 40.5 Å².